The molecule has 2 aromatic rings. The zero-order valence-electron chi connectivity index (χ0n) is 11.2. The molecule has 0 N–H and O–H groups in total. The summed E-state index contributed by atoms with van der Waals surface area (Å²) in [7, 11) is 1.72. The Labute approximate surface area is 108 Å². The Balaban J connectivity index is 1.86. The van der Waals surface area contributed by atoms with Gasteiger partial charge in [0, 0.05) is 38.6 Å². The second-order valence-corrected chi connectivity index (χ2v) is 4.53. The molecule has 1 heterocycles. The maximum atomic E-state index is 5.59. The van der Waals surface area contributed by atoms with Crippen molar-refractivity contribution in [3.63, 3.8) is 0 Å². The molecule has 0 bridgehead atoms. The largest absolute Gasteiger partial charge is 0.385 e. The topological polar surface area (TPSA) is 23.4 Å². The molecule has 98 valence electrons. The molecule has 0 atom stereocenters. The molecule has 1 aromatic heterocycles. The third-order valence-corrected chi connectivity index (χ3v) is 3.04. The van der Waals surface area contributed by atoms with E-state index in [2.05, 4.69) is 42.0 Å². The van der Waals surface area contributed by atoms with Gasteiger partial charge >= 0.3 is 0 Å². The summed E-state index contributed by atoms with van der Waals surface area (Å²) in [6.45, 7) is 5.32. The minimum absolute atomic E-state index is 0.751. The van der Waals surface area contributed by atoms with E-state index in [1.165, 1.54) is 16.5 Å². The van der Waals surface area contributed by atoms with Crippen LogP contribution in [0.25, 0.3) is 10.9 Å². The predicted molar refractivity (Wildman–Crippen MR) is 74.0 cm³/mol. The van der Waals surface area contributed by atoms with E-state index in [9.17, 15) is 0 Å². The molecule has 0 fully saturated rings. The fourth-order valence-corrected chi connectivity index (χ4v) is 2.06. The van der Waals surface area contributed by atoms with Gasteiger partial charge in [-0.3, -0.25) is 0 Å². The van der Waals surface area contributed by atoms with Crippen LogP contribution in [-0.4, -0.2) is 31.5 Å². The molecule has 2 rings (SSSR count). The van der Waals surface area contributed by atoms with E-state index in [1.54, 1.807) is 7.11 Å². The van der Waals surface area contributed by atoms with Crippen molar-refractivity contribution >= 4 is 10.9 Å². The van der Waals surface area contributed by atoms with E-state index in [0.717, 1.165) is 32.8 Å². The lowest BCUT2D eigenvalue weighted by Gasteiger charge is -2.07. The van der Waals surface area contributed by atoms with Crippen LogP contribution >= 0.6 is 0 Å². The average Bonchev–Trinajstić information content (AvgIpc) is 2.76. The van der Waals surface area contributed by atoms with Gasteiger partial charge in [0.05, 0.1) is 6.61 Å². The standard InChI is InChI=1S/C15H21NO2/c1-13-4-5-14-6-7-16(15(14)12-13)8-11-18-10-3-9-17-2/h4-7,12H,3,8-11H2,1-2H3. The van der Waals surface area contributed by atoms with Crippen LogP contribution in [0.5, 0.6) is 0 Å². The highest BCUT2D eigenvalue weighted by Crippen LogP contribution is 2.17. The normalized spacial score (nSPS) is 11.2. The van der Waals surface area contributed by atoms with Gasteiger partial charge < -0.3 is 14.0 Å². The van der Waals surface area contributed by atoms with Gasteiger partial charge in [-0.2, -0.15) is 0 Å². The molecule has 0 amide bonds. The molecular weight excluding hydrogens is 226 g/mol. The molecule has 0 saturated heterocycles. The second-order valence-electron chi connectivity index (χ2n) is 4.53. The molecular formula is C15H21NO2. The third-order valence-electron chi connectivity index (χ3n) is 3.04. The summed E-state index contributed by atoms with van der Waals surface area (Å²) in [4.78, 5) is 0. The maximum absolute atomic E-state index is 5.59. The summed E-state index contributed by atoms with van der Waals surface area (Å²) in [6, 6.07) is 8.69. The fraction of sp³-hybridized carbons (Fsp3) is 0.467. The Morgan fingerprint density at radius 2 is 2.00 bits per heavy atom. The first-order valence-electron chi connectivity index (χ1n) is 6.43. The quantitative estimate of drug-likeness (QED) is 0.702. The highest BCUT2D eigenvalue weighted by Gasteiger charge is 2.00. The summed E-state index contributed by atoms with van der Waals surface area (Å²) >= 11 is 0. The molecule has 0 radical (unpaired) electrons. The van der Waals surface area contributed by atoms with E-state index in [-0.39, 0.29) is 0 Å². The van der Waals surface area contributed by atoms with Gasteiger partial charge in [0.15, 0.2) is 0 Å². The molecule has 0 aliphatic heterocycles. The second kappa shape index (κ2) is 6.57. The molecule has 0 saturated carbocycles. The molecule has 3 heteroatoms. The third kappa shape index (κ3) is 3.34. The number of hydrogen-bond donors (Lipinski definition) is 0. The SMILES string of the molecule is COCCCOCCn1ccc2ccc(C)cc21. The summed E-state index contributed by atoms with van der Waals surface area (Å²) in [6.07, 6.45) is 3.09. The number of benzene rings is 1. The minimum atomic E-state index is 0.751. The van der Waals surface area contributed by atoms with Crippen molar-refractivity contribution in [1.82, 2.24) is 4.57 Å². The summed E-state index contributed by atoms with van der Waals surface area (Å²) in [5, 5.41) is 1.29. The maximum Gasteiger partial charge on any atom is 0.0645 e. The first-order valence-corrected chi connectivity index (χ1v) is 6.43. The van der Waals surface area contributed by atoms with Gasteiger partial charge in [0.1, 0.15) is 0 Å². The Morgan fingerprint density at radius 1 is 1.11 bits per heavy atom. The molecule has 0 aliphatic carbocycles. The van der Waals surface area contributed by atoms with Crippen LogP contribution in [0.4, 0.5) is 0 Å². The molecule has 18 heavy (non-hydrogen) atoms. The summed E-state index contributed by atoms with van der Waals surface area (Å²) in [5.41, 5.74) is 2.58. The van der Waals surface area contributed by atoms with Crippen molar-refractivity contribution in [3.05, 3.63) is 36.0 Å². The van der Waals surface area contributed by atoms with E-state index in [0.29, 0.717) is 0 Å². The lowest BCUT2D eigenvalue weighted by atomic mass is 10.2. The van der Waals surface area contributed by atoms with Crippen LogP contribution in [0, 0.1) is 6.92 Å². The smallest absolute Gasteiger partial charge is 0.0645 e. The number of hydrogen-bond acceptors (Lipinski definition) is 2. The zero-order valence-corrected chi connectivity index (χ0v) is 11.2. The van der Waals surface area contributed by atoms with Gasteiger partial charge in [-0.25, -0.2) is 0 Å². The number of nitrogens with zero attached hydrogens (tertiary/aromatic N) is 1. The Kier molecular flexibility index (Phi) is 4.79. The van der Waals surface area contributed by atoms with E-state index >= 15 is 0 Å². The van der Waals surface area contributed by atoms with Crippen molar-refractivity contribution in [2.24, 2.45) is 0 Å². The Hall–Kier alpha value is -1.32. The Bertz CT molecular complexity index is 490. The lowest BCUT2D eigenvalue weighted by Crippen LogP contribution is -2.07. The van der Waals surface area contributed by atoms with Crippen molar-refractivity contribution in [1.29, 1.82) is 0 Å². The number of aryl methyl sites for hydroxylation is 1. The minimum Gasteiger partial charge on any atom is -0.385 e. The van der Waals surface area contributed by atoms with Crippen LogP contribution < -0.4 is 0 Å². The molecule has 0 spiro atoms. The predicted octanol–water partition coefficient (Wildman–Crippen LogP) is 3.00. The van der Waals surface area contributed by atoms with Crippen LogP contribution in [0.15, 0.2) is 30.5 Å². The number of aromatic nitrogens is 1. The fourth-order valence-electron chi connectivity index (χ4n) is 2.06. The number of ether oxygens (including phenoxy) is 2. The highest BCUT2D eigenvalue weighted by atomic mass is 16.5. The summed E-state index contributed by atoms with van der Waals surface area (Å²) in [5.74, 6) is 0. The average molecular weight is 247 g/mol. The van der Waals surface area contributed by atoms with Crippen LogP contribution in [0.1, 0.15) is 12.0 Å². The van der Waals surface area contributed by atoms with Crippen molar-refractivity contribution in [2.75, 3.05) is 26.9 Å². The molecule has 3 nitrogen and oxygen atoms in total. The van der Waals surface area contributed by atoms with E-state index in [4.69, 9.17) is 9.47 Å². The van der Waals surface area contributed by atoms with E-state index < -0.39 is 0 Å². The highest BCUT2D eigenvalue weighted by molar-refractivity contribution is 5.80. The van der Waals surface area contributed by atoms with Crippen LogP contribution in [-0.2, 0) is 16.0 Å². The van der Waals surface area contributed by atoms with E-state index in [1.807, 2.05) is 0 Å². The van der Waals surface area contributed by atoms with Crippen LogP contribution in [0.3, 0.4) is 0 Å². The number of fused-ring (bicyclic) bond motifs is 1. The molecule has 0 unspecified atom stereocenters. The van der Waals surface area contributed by atoms with Crippen molar-refractivity contribution < 1.29 is 9.47 Å². The first kappa shape index (κ1) is 13.1. The molecule has 0 aliphatic rings. The van der Waals surface area contributed by atoms with Crippen molar-refractivity contribution in [3.8, 4) is 0 Å². The summed E-state index contributed by atoms with van der Waals surface area (Å²) < 4.78 is 12.8. The lowest BCUT2D eigenvalue weighted by molar-refractivity contribution is 0.0982. The van der Waals surface area contributed by atoms with Gasteiger partial charge in [0.2, 0.25) is 0 Å². The van der Waals surface area contributed by atoms with Gasteiger partial charge in [0.25, 0.3) is 0 Å². The van der Waals surface area contributed by atoms with Crippen LogP contribution in [0.2, 0.25) is 0 Å². The van der Waals surface area contributed by atoms with Gasteiger partial charge in [-0.05, 0) is 36.4 Å². The van der Waals surface area contributed by atoms with Gasteiger partial charge in [-0.15, -0.1) is 0 Å². The van der Waals surface area contributed by atoms with Crippen molar-refractivity contribution in [2.45, 2.75) is 19.9 Å². The number of methoxy groups -OCH3 is 1. The number of rotatable bonds is 7. The first-order chi connectivity index (χ1) is 8.81. The monoisotopic (exact) mass is 247 g/mol. The molecule has 1 aromatic carbocycles. The zero-order chi connectivity index (χ0) is 12.8. The Morgan fingerprint density at radius 3 is 2.83 bits per heavy atom. The van der Waals surface area contributed by atoms with Gasteiger partial charge in [-0.1, -0.05) is 12.1 Å².